The van der Waals surface area contributed by atoms with Gasteiger partial charge in [-0.1, -0.05) is 6.92 Å². The van der Waals surface area contributed by atoms with E-state index in [9.17, 15) is 27.6 Å². The van der Waals surface area contributed by atoms with Gasteiger partial charge in [0.05, 0.1) is 5.56 Å². The van der Waals surface area contributed by atoms with Gasteiger partial charge in [-0.2, -0.15) is 13.2 Å². The van der Waals surface area contributed by atoms with Gasteiger partial charge in [-0.15, -0.1) is 0 Å². The fourth-order valence-corrected chi connectivity index (χ4v) is 2.07. The minimum Gasteiger partial charge on any atom is -0.452 e. The highest BCUT2D eigenvalue weighted by Gasteiger charge is 2.29. The average Bonchev–Trinajstić information content (AvgIpc) is 2.51. The number of imide groups is 1. The molecule has 1 aromatic rings. The molecule has 0 aliphatic heterocycles. The Balaban J connectivity index is 2.46. The van der Waals surface area contributed by atoms with Crippen LogP contribution in [0.15, 0.2) is 29.2 Å². The van der Waals surface area contributed by atoms with Crippen molar-refractivity contribution in [2.75, 3.05) is 6.61 Å². The van der Waals surface area contributed by atoms with E-state index in [0.717, 1.165) is 24.3 Å². The number of amides is 3. The zero-order valence-corrected chi connectivity index (χ0v) is 14.3. The van der Waals surface area contributed by atoms with Crippen molar-refractivity contribution in [2.24, 2.45) is 0 Å². The second-order valence-electron chi connectivity index (χ2n) is 4.98. The molecule has 0 aliphatic carbocycles. The third-order valence-corrected chi connectivity index (χ3v) is 3.64. The summed E-state index contributed by atoms with van der Waals surface area (Å²) in [6, 6.07) is 3.73. The van der Waals surface area contributed by atoms with Crippen LogP contribution in [0.3, 0.4) is 0 Å². The molecule has 0 aromatic heterocycles. The summed E-state index contributed by atoms with van der Waals surface area (Å²) in [5.74, 6) is -1.71. The number of thioether (sulfide) groups is 1. The van der Waals surface area contributed by atoms with Gasteiger partial charge < -0.3 is 10.1 Å². The van der Waals surface area contributed by atoms with Gasteiger partial charge in [-0.05, 0) is 49.4 Å². The molecule has 0 spiro atoms. The highest BCUT2D eigenvalue weighted by molar-refractivity contribution is 8.00. The lowest BCUT2D eigenvalue weighted by Crippen LogP contribution is -2.44. The van der Waals surface area contributed by atoms with Crippen LogP contribution < -0.4 is 10.6 Å². The maximum atomic E-state index is 12.2. The van der Waals surface area contributed by atoms with E-state index >= 15 is 0 Å². The third-order valence-electron chi connectivity index (χ3n) is 2.90. The van der Waals surface area contributed by atoms with Crippen LogP contribution in [0.25, 0.3) is 0 Å². The normalized spacial score (nSPS) is 12.2. The first-order valence-electron chi connectivity index (χ1n) is 7.24. The van der Waals surface area contributed by atoms with Gasteiger partial charge in [0.25, 0.3) is 5.91 Å². The van der Waals surface area contributed by atoms with E-state index in [4.69, 9.17) is 4.74 Å². The molecular weight excluding hydrogens is 361 g/mol. The largest absolute Gasteiger partial charge is 0.452 e. The molecule has 0 radical (unpaired) electrons. The minimum absolute atomic E-state index is 0.0108. The van der Waals surface area contributed by atoms with Crippen LogP contribution in [0.5, 0.6) is 0 Å². The summed E-state index contributed by atoms with van der Waals surface area (Å²) < 4.78 is 41.3. The summed E-state index contributed by atoms with van der Waals surface area (Å²) in [6.07, 6.45) is 0.680. The van der Waals surface area contributed by atoms with Crippen LogP contribution in [0.1, 0.15) is 30.6 Å². The lowest BCUT2D eigenvalue weighted by atomic mass is 10.2. The summed E-state index contributed by atoms with van der Waals surface area (Å²) in [7, 11) is 0. The van der Waals surface area contributed by atoms with Crippen molar-refractivity contribution in [1.82, 2.24) is 10.6 Å². The van der Waals surface area contributed by atoms with Gasteiger partial charge >= 0.3 is 17.5 Å². The Bertz CT molecular complexity index is 620. The lowest BCUT2D eigenvalue weighted by molar-refractivity contribution is -0.123. The summed E-state index contributed by atoms with van der Waals surface area (Å²) in [5.41, 5.74) is -4.43. The van der Waals surface area contributed by atoms with Crippen molar-refractivity contribution in [3.63, 3.8) is 0 Å². The van der Waals surface area contributed by atoms with Crippen molar-refractivity contribution < 1.29 is 32.3 Å². The number of hydrogen-bond acceptors (Lipinski definition) is 5. The van der Waals surface area contributed by atoms with E-state index in [1.165, 1.54) is 0 Å². The molecule has 0 saturated heterocycles. The van der Waals surface area contributed by atoms with E-state index in [2.05, 4.69) is 5.32 Å². The number of nitrogens with one attached hydrogen (secondary N) is 2. The fraction of sp³-hybridized carbons (Fsp3) is 0.400. The van der Waals surface area contributed by atoms with Crippen molar-refractivity contribution in [1.29, 1.82) is 0 Å². The van der Waals surface area contributed by atoms with Gasteiger partial charge in [0.1, 0.15) is 0 Å². The Hall–Kier alpha value is -2.23. The fourth-order valence-electron chi connectivity index (χ4n) is 1.53. The molecule has 1 rings (SSSR count). The van der Waals surface area contributed by atoms with Crippen molar-refractivity contribution in [2.45, 2.75) is 36.7 Å². The number of carbonyl (C=O) groups excluding carboxylic acids is 3. The molecule has 0 unspecified atom stereocenters. The van der Waals surface area contributed by atoms with Crippen LogP contribution in [-0.2, 0) is 9.53 Å². The molecule has 2 N–H and O–H groups in total. The zero-order valence-electron chi connectivity index (χ0n) is 13.5. The molecule has 1 atom stereocenters. The number of ether oxygens (including phenoxy) is 1. The smallest absolute Gasteiger partial charge is 0.446 e. The van der Waals surface area contributed by atoms with E-state index < -0.39 is 30.0 Å². The van der Waals surface area contributed by atoms with Crippen molar-refractivity contribution in [3.05, 3.63) is 29.8 Å². The predicted octanol–water partition coefficient (Wildman–Crippen LogP) is 3.08. The standard InChI is InChI=1S/C15H17F3N2O4S/c1-3-9(2)19-14(23)20-12(21)8-24-13(22)10-4-6-11(7-5-10)25-15(16,17)18/h4-7,9H,3,8H2,1-2H3,(H2,19,20,21,23)/t9-/m1/s1. The monoisotopic (exact) mass is 378 g/mol. The molecule has 3 amide bonds. The first-order valence-corrected chi connectivity index (χ1v) is 8.05. The number of halogens is 3. The second kappa shape index (κ2) is 9.30. The number of urea groups is 1. The Kier molecular flexibility index (Phi) is 7.75. The zero-order chi connectivity index (χ0) is 19.0. The predicted molar refractivity (Wildman–Crippen MR) is 85.1 cm³/mol. The maximum absolute atomic E-state index is 12.2. The summed E-state index contributed by atoms with van der Waals surface area (Å²) >= 11 is -0.308. The number of benzene rings is 1. The van der Waals surface area contributed by atoms with Crippen LogP contribution in [-0.4, -0.2) is 36.1 Å². The quantitative estimate of drug-likeness (QED) is 0.587. The number of rotatable bonds is 6. The van der Waals surface area contributed by atoms with Crippen LogP contribution >= 0.6 is 11.8 Å². The Morgan fingerprint density at radius 1 is 1.20 bits per heavy atom. The maximum Gasteiger partial charge on any atom is 0.446 e. The van der Waals surface area contributed by atoms with E-state index in [1.54, 1.807) is 6.92 Å². The Labute approximate surface area is 146 Å². The molecule has 0 saturated carbocycles. The van der Waals surface area contributed by atoms with E-state index in [1.807, 2.05) is 12.2 Å². The van der Waals surface area contributed by atoms with Gasteiger partial charge in [-0.3, -0.25) is 10.1 Å². The molecule has 25 heavy (non-hydrogen) atoms. The number of carbonyl (C=O) groups is 3. The lowest BCUT2D eigenvalue weighted by Gasteiger charge is -2.11. The highest BCUT2D eigenvalue weighted by Crippen LogP contribution is 2.36. The molecular formula is C15H17F3N2O4S. The summed E-state index contributed by atoms with van der Waals surface area (Å²) in [6.45, 7) is 2.92. The van der Waals surface area contributed by atoms with Crippen molar-refractivity contribution in [3.8, 4) is 0 Å². The van der Waals surface area contributed by atoms with Crippen LogP contribution in [0.2, 0.25) is 0 Å². The molecule has 0 aliphatic rings. The van der Waals surface area contributed by atoms with Gasteiger partial charge in [0.15, 0.2) is 6.61 Å². The number of esters is 1. The van der Waals surface area contributed by atoms with E-state index in [-0.39, 0.29) is 28.3 Å². The van der Waals surface area contributed by atoms with Gasteiger partial charge in [0, 0.05) is 10.9 Å². The Morgan fingerprint density at radius 2 is 1.80 bits per heavy atom. The van der Waals surface area contributed by atoms with Crippen LogP contribution in [0, 0.1) is 0 Å². The first-order chi connectivity index (χ1) is 11.6. The molecule has 0 heterocycles. The molecule has 10 heteroatoms. The highest BCUT2D eigenvalue weighted by atomic mass is 32.2. The van der Waals surface area contributed by atoms with Gasteiger partial charge in [-0.25, -0.2) is 9.59 Å². The first kappa shape index (κ1) is 20.8. The SMILES string of the molecule is CC[C@@H](C)NC(=O)NC(=O)COC(=O)c1ccc(SC(F)(F)F)cc1. The minimum atomic E-state index is -4.42. The molecule has 138 valence electrons. The topological polar surface area (TPSA) is 84.5 Å². The van der Waals surface area contributed by atoms with Gasteiger partial charge in [0.2, 0.25) is 0 Å². The summed E-state index contributed by atoms with van der Waals surface area (Å²) in [4.78, 5) is 34.5. The Morgan fingerprint density at radius 3 is 2.32 bits per heavy atom. The average molecular weight is 378 g/mol. The van der Waals surface area contributed by atoms with E-state index in [0.29, 0.717) is 6.42 Å². The molecule has 0 bridgehead atoms. The van der Waals surface area contributed by atoms with Crippen molar-refractivity contribution >= 4 is 29.7 Å². The van der Waals surface area contributed by atoms with Crippen LogP contribution in [0.4, 0.5) is 18.0 Å². The third kappa shape index (κ3) is 8.43. The molecule has 6 nitrogen and oxygen atoms in total. The summed E-state index contributed by atoms with van der Waals surface area (Å²) in [5, 5.41) is 4.49. The second-order valence-corrected chi connectivity index (χ2v) is 6.12. The molecule has 0 fully saturated rings. The number of hydrogen-bond donors (Lipinski definition) is 2. The molecule has 1 aromatic carbocycles. The number of alkyl halides is 3.